The van der Waals surface area contributed by atoms with Crippen LogP contribution in [0.2, 0.25) is 0 Å². The molecule has 23 heavy (non-hydrogen) atoms. The topological polar surface area (TPSA) is 50.5 Å². The number of fused-ring (bicyclic) bond motifs is 2. The Morgan fingerprint density at radius 3 is 3.04 bits per heavy atom. The molecule has 1 aromatic heterocycles. The quantitative estimate of drug-likeness (QED) is 0.940. The van der Waals surface area contributed by atoms with Crippen molar-refractivity contribution >= 4 is 0 Å². The lowest BCUT2D eigenvalue weighted by Crippen LogP contribution is -2.37. The zero-order chi connectivity index (χ0) is 15.6. The van der Waals surface area contributed by atoms with Gasteiger partial charge in [0, 0.05) is 25.2 Å². The van der Waals surface area contributed by atoms with Gasteiger partial charge in [-0.15, -0.1) is 0 Å². The number of para-hydroxylation sites is 1. The Morgan fingerprint density at radius 1 is 1.26 bits per heavy atom. The van der Waals surface area contributed by atoms with Gasteiger partial charge in [-0.05, 0) is 37.9 Å². The van der Waals surface area contributed by atoms with Crippen LogP contribution in [0, 0.1) is 0 Å². The van der Waals surface area contributed by atoms with Gasteiger partial charge in [-0.25, -0.2) is 4.98 Å². The number of ether oxygens (including phenoxy) is 1. The molecule has 5 nitrogen and oxygen atoms in total. The summed E-state index contributed by atoms with van der Waals surface area (Å²) in [6.07, 6.45) is 5.62. The Kier molecular flexibility index (Phi) is 4.06. The van der Waals surface area contributed by atoms with Gasteiger partial charge in [-0.2, -0.15) is 0 Å². The minimum absolute atomic E-state index is 0.633. The van der Waals surface area contributed by atoms with Crippen molar-refractivity contribution < 1.29 is 9.15 Å². The first-order chi connectivity index (χ1) is 11.3. The summed E-state index contributed by atoms with van der Waals surface area (Å²) in [4.78, 5) is 7.30. The summed E-state index contributed by atoms with van der Waals surface area (Å²) in [5, 5.41) is 3.54. The van der Waals surface area contributed by atoms with Crippen molar-refractivity contribution in [2.45, 2.75) is 37.9 Å². The van der Waals surface area contributed by atoms with E-state index in [1.165, 1.54) is 19.3 Å². The summed E-state index contributed by atoms with van der Waals surface area (Å²) < 4.78 is 11.1. The summed E-state index contributed by atoms with van der Waals surface area (Å²) in [7, 11) is 1.67. The second-order valence-electron chi connectivity index (χ2n) is 6.39. The van der Waals surface area contributed by atoms with Crippen molar-refractivity contribution in [2.75, 3.05) is 20.2 Å². The molecule has 5 heteroatoms. The van der Waals surface area contributed by atoms with E-state index in [9.17, 15) is 0 Å². The minimum atomic E-state index is 0.633. The van der Waals surface area contributed by atoms with Crippen molar-refractivity contribution in [3.63, 3.8) is 0 Å². The number of nitrogens with one attached hydrogen (secondary N) is 1. The van der Waals surface area contributed by atoms with Crippen LogP contribution < -0.4 is 10.1 Å². The van der Waals surface area contributed by atoms with Crippen LogP contribution in [-0.2, 0) is 6.54 Å². The van der Waals surface area contributed by atoms with E-state index in [2.05, 4.69) is 10.2 Å². The van der Waals surface area contributed by atoms with Gasteiger partial charge in [0.2, 0.25) is 5.89 Å². The molecule has 2 aromatic rings. The maximum Gasteiger partial charge on any atom is 0.229 e. The summed E-state index contributed by atoms with van der Waals surface area (Å²) in [5.74, 6) is 1.43. The van der Waals surface area contributed by atoms with Crippen molar-refractivity contribution in [1.82, 2.24) is 15.2 Å². The lowest BCUT2D eigenvalue weighted by atomic mass is 10.1. The van der Waals surface area contributed by atoms with E-state index in [4.69, 9.17) is 14.1 Å². The number of aromatic nitrogens is 1. The second kappa shape index (κ2) is 6.34. The third kappa shape index (κ3) is 2.86. The molecule has 122 valence electrons. The zero-order valence-corrected chi connectivity index (χ0v) is 13.5. The van der Waals surface area contributed by atoms with Crippen LogP contribution in [0.15, 0.2) is 34.9 Å². The smallest absolute Gasteiger partial charge is 0.229 e. The third-order valence-electron chi connectivity index (χ3n) is 5.04. The molecule has 0 radical (unpaired) electrons. The van der Waals surface area contributed by atoms with E-state index in [-0.39, 0.29) is 0 Å². The van der Waals surface area contributed by atoms with Gasteiger partial charge < -0.3 is 14.5 Å². The molecule has 0 aliphatic carbocycles. The number of hydrogen-bond donors (Lipinski definition) is 1. The van der Waals surface area contributed by atoms with Crippen molar-refractivity contribution in [3.8, 4) is 17.2 Å². The van der Waals surface area contributed by atoms with Crippen LogP contribution in [0.4, 0.5) is 0 Å². The average Bonchev–Trinajstić information content (AvgIpc) is 3.12. The molecule has 1 aromatic carbocycles. The average molecular weight is 313 g/mol. The Bertz CT molecular complexity index is 656. The summed E-state index contributed by atoms with van der Waals surface area (Å²) in [5.41, 5.74) is 1.91. The van der Waals surface area contributed by atoms with Crippen molar-refractivity contribution in [2.24, 2.45) is 0 Å². The van der Waals surface area contributed by atoms with Crippen LogP contribution in [0.3, 0.4) is 0 Å². The van der Waals surface area contributed by atoms with Gasteiger partial charge in [0.1, 0.15) is 12.0 Å². The highest BCUT2D eigenvalue weighted by Crippen LogP contribution is 2.32. The molecule has 0 amide bonds. The van der Waals surface area contributed by atoms with E-state index < -0.39 is 0 Å². The molecule has 0 spiro atoms. The Balaban J connectivity index is 1.54. The van der Waals surface area contributed by atoms with Gasteiger partial charge in [-0.3, -0.25) is 4.90 Å². The fraction of sp³-hybridized carbons (Fsp3) is 0.500. The minimum Gasteiger partial charge on any atom is -0.496 e. The number of nitrogens with zero attached hydrogens (tertiary/aromatic N) is 2. The maximum absolute atomic E-state index is 5.72. The van der Waals surface area contributed by atoms with E-state index in [0.717, 1.165) is 36.6 Å². The first-order valence-electron chi connectivity index (χ1n) is 8.39. The summed E-state index contributed by atoms with van der Waals surface area (Å²) >= 11 is 0. The molecule has 4 rings (SSSR count). The molecule has 2 bridgehead atoms. The molecule has 2 fully saturated rings. The van der Waals surface area contributed by atoms with E-state index >= 15 is 0 Å². The highest BCUT2D eigenvalue weighted by atomic mass is 16.5. The predicted molar refractivity (Wildman–Crippen MR) is 88.3 cm³/mol. The summed E-state index contributed by atoms with van der Waals surface area (Å²) in [6, 6.07) is 9.15. The van der Waals surface area contributed by atoms with Crippen molar-refractivity contribution in [1.29, 1.82) is 0 Å². The Hall–Kier alpha value is -1.85. The fourth-order valence-corrected chi connectivity index (χ4v) is 3.85. The van der Waals surface area contributed by atoms with Crippen molar-refractivity contribution in [3.05, 3.63) is 36.2 Å². The van der Waals surface area contributed by atoms with E-state index in [1.54, 1.807) is 13.4 Å². The molecular formula is C18H23N3O2. The highest BCUT2D eigenvalue weighted by Gasteiger charge is 2.35. The molecular weight excluding hydrogens is 290 g/mol. The Labute approximate surface area is 136 Å². The standard InChI is InChI=1S/C18H23N3O2/c1-22-17-5-3-2-4-16(17)18-20-13(12-23-18)11-21-14-6-7-15(21)10-19-9-8-14/h2-5,12,14-15,19H,6-11H2,1H3. The molecule has 0 saturated carbocycles. The molecule has 2 unspecified atom stereocenters. The first-order valence-corrected chi connectivity index (χ1v) is 8.39. The molecule has 1 N–H and O–H groups in total. The fourth-order valence-electron chi connectivity index (χ4n) is 3.85. The number of hydrogen-bond acceptors (Lipinski definition) is 5. The van der Waals surface area contributed by atoms with Crippen LogP contribution in [0.25, 0.3) is 11.5 Å². The molecule has 2 aliphatic rings. The molecule has 3 heterocycles. The van der Waals surface area contributed by atoms with Gasteiger partial charge in [-0.1, -0.05) is 12.1 Å². The van der Waals surface area contributed by atoms with Gasteiger partial charge in [0.05, 0.1) is 18.4 Å². The molecule has 2 aliphatic heterocycles. The van der Waals surface area contributed by atoms with E-state index in [0.29, 0.717) is 18.0 Å². The number of rotatable bonds is 4. The van der Waals surface area contributed by atoms with Crippen LogP contribution >= 0.6 is 0 Å². The SMILES string of the molecule is COc1ccccc1-c1nc(CN2C3CCNCC2CC3)co1. The van der Waals surface area contributed by atoms with Gasteiger partial charge in [0.15, 0.2) is 0 Å². The highest BCUT2D eigenvalue weighted by molar-refractivity contribution is 5.62. The monoisotopic (exact) mass is 313 g/mol. The number of methoxy groups -OCH3 is 1. The summed E-state index contributed by atoms with van der Waals surface area (Å²) in [6.45, 7) is 3.09. The largest absolute Gasteiger partial charge is 0.496 e. The lowest BCUT2D eigenvalue weighted by Gasteiger charge is -2.26. The van der Waals surface area contributed by atoms with Gasteiger partial charge in [0.25, 0.3) is 0 Å². The van der Waals surface area contributed by atoms with Crippen LogP contribution in [-0.4, -0.2) is 42.2 Å². The molecule has 2 saturated heterocycles. The lowest BCUT2D eigenvalue weighted by molar-refractivity contribution is 0.191. The third-order valence-corrected chi connectivity index (χ3v) is 5.04. The first kappa shape index (κ1) is 14.7. The normalized spacial score (nSPS) is 24.6. The number of oxazole rings is 1. The zero-order valence-electron chi connectivity index (χ0n) is 13.5. The van der Waals surface area contributed by atoms with Crippen LogP contribution in [0.5, 0.6) is 5.75 Å². The van der Waals surface area contributed by atoms with Crippen LogP contribution in [0.1, 0.15) is 25.0 Å². The van der Waals surface area contributed by atoms with E-state index in [1.807, 2.05) is 24.3 Å². The second-order valence-corrected chi connectivity index (χ2v) is 6.39. The Morgan fingerprint density at radius 2 is 2.13 bits per heavy atom. The molecule has 2 atom stereocenters. The predicted octanol–water partition coefficient (Wildman–Crippen LogP) is 2.68. The number of benzene rings is 1. The maximum atomic E-state index is 5.72. The van der Waals surface area contributed by atoms with Gasteiger partial charge >= 0.3 is 0 Å².